The lowest BCUT2D eigenvalue weighted by Gasteiger charge is -2.34. The number of phenolic OH excluding ortho intramolecular Hbond substituents is 2. The predicted octanol–water partition coefficient (Wildman–Crippen LogP) is 5.14. The summed E-state index contributed by atoms with van der Waals surface area (Å²) in [4.78, 5) is 87.6. The number of phenols is 2. The van der Waals surface area contributed by atoms with E-state index in [1.165, 1.54) is 10.6 Å². The molecule has 18 nitrogen and oxygen atoms in total. The predicted molar refractivity (Wildman–Crippen MR) is 290 cm³/mol. The number of H-pyrrole nitrogens is 1. The molecule has 2 aliphatic rings. The van der Waals surface area contributed by atoms with Gasteiger partial charge in [0.05, 0.1) is 30.4 Å². The first kappa shape index (κ1) is 56.6. The van der Waals surface area contributed by atoms with Gasteiger partial charge in [0.1, 0.15) is 35.2 Å². The van der Waals surface area contributed by atoms with Crippen molar-refractivity contribution in [3.05, 3.63) is 130 Å². The number of aryl methyl sites for hydroxylation is 1. The normalized spacial score (nSPS) is 17.4. The maximum atomic E-state index is 14.4. The van der Waals surface area contributed by atoms with Gasteiger partial charge in [-0.05, 0) is 90.8 Å². The molecule has 1 aromatic heterocycles. The number of aromatic nitrogens is 3. The number of Topliss-reactive ketones (excluding diaryl/α,β-unsaturated/α-hetero) is 1. The van der Waals surface area contributed by atoms with E-state index in [0.717, 1.165) is 16.7 Å². The monoisotopic (exact) mass is 1040 g/mol. The molecule has 4 amide bonds. The van der Waals surface area contributed by atoms with Crippen LogP contribution in [0.4, 0.5) is 0 Å². The van der Waals surface area contributed by atoms with Crippen LogP contribution in [0.2, 0.25) is 0 Å². The second-order valence-corrected chi connectivity index (χ2v) is 21.6. The number of benzene rings is 4. The number of aromatic amines is 1. The van der Waals surface area contributed by atoms with Gasteiger partial charge in [-0.15, -0.1) is 0 Å². The number of ether oxygens (including phenoxy) is 1. The number of aromatic hydroxyl groups is 2. The number of carbonyl (C=O) groups is 5. The van der Waals surface area contributed by atoms with E-state index in [9.17, 15) is 39.0 Å². The number of nitrogens with zero attached hydrogens (tertiary/aromatic N) is 4. The molecule has 0 unspecified atom stereocenters. The molecule has 0 bridgehead atoms. The van der Waals surface area contributed by atoms with Crippen LogP contribution in [0, 0.1) is 11.8 Å². The van der Waals surface area contributed by atoms with E-state index in [4.69, 9.17) is 4.74 Å². The molecular formula is C58H75N9O9. The number of carbonyl (C=O) groups excluding carboxylic acids is 5. The van der Waals surface area contributed by atoms with E-state index in [-0.39, 0.29) is 79.2 Å². The molecule has 4 aromatic carbocycles. The molecule has 0 aliphatic carbocycles. The summed E-state index contributed by atoms with van der Waals surface area (Å²) in [6.07, 6.45) is 1.55. The van der Waals surface area contributed by atoms with Crippen LogP contribution in [0.3, 0.4) is 0 Å². The topological polar surface area (TPSA) is 244 Å². The van der Waals surface area contributed by atoms with E-state index >= 15 is 0 Å². The van der Waals surface area contributed by atoms with Gasteiger partial charge in [-0.2, -0.15) is 5.10 Å². The number of piperazine rings is 1. The third-order valence-corrected chi connectivity index (χ3v) is 14.0. The Balaban J connectivity index is 0.978. The third-order valence-electron chi connectivity index (χ3n) is 14.0. The summed E-state index contributed by atoms with van der Waals surface area (Å²) < 4.78 is 6.83. The van der Waals surface area contributed by atoms with Crippen molar-refractivity contribution in [1.82, 2.24) is 45.8 Å². The van der Waals surface area contributed by atoms with Crippen molar-refractivity contribution in [3.8, 4) is 28.6 Å². The Hall–Kier alpha value is -7.15. The van der Waals surface area contributed by atoms with Gasteiger partial charge in [0.15, 0.2) is 11.6 Å². The van der Waals surface area contributed by atoms with Crippen molar-refractivity contribution in [2.45, 2.75) is 123 Å². The van der Waals surface area contributed by atoms with Crippen LogP contribution in [-0.4, -0.2) is 133 Å². The average molecular weight is 1040 g/mol. The van der Waals surface area contributed by atoms with Crippen molar-refractivity contribution < 1.29 is 38.9 Å². The summed E-state index contributed by atoms with van der Waals surface area (Å²) in [6.45, 7) is 16.9. The molecule has 76 heavy (non-hydrogen) atoms. The summed E-state index contributed by atoms with van der Waals surface area (Å²) in [6, 6.07) is 25.4. The van der Waals surface area contributed by atoms with Gasteiger partial charge in [0.25, 0.3) is 0 Å². The highest BCUT2D eigenvalue weighted by atomic mass is 16.6. The number of hydrogen-bond acceptors (Lipinski definition) is 12. The Morgan fingerprint density at radius 1 is 0.671 bits per heavy atom. The Labute approximate surface area is 445 Å². The molecule has 7 N–H and O–H groups in total. The first-order chi connectivity index (χ1) is 36.3. The zero-order valence-electron chi connectivity index (χ0n) is 44.8. The van der Waals surface area contributed by atoms with Gasteiger partial charge in [0.2, 0.25) is 23.6 Å². The van der Waals surface area contributed by atoms with Gasteiger partial charge >= 0.3 is 5.69 Å². The molecular weight excluding hydrogens is 967 g/mol. The molecule has 2 fully saturated rings. The van der Waals surface area contributed by atoms with Crippen LogP contribution >= 0.6 is 0 Å². The second kappa shape index (κ2) is 25.6. The largest absolute Gasteiger partial charge is 0.508 e. The fraction of sp³-hybridized carbons (Fsp3) is 0.466. The lowest BCUT2D eigenvalue weighted by Crippen LogP contribution is -2.59. The second-order valence-electron chi connectivity index (χ2n) is 21.6. The number of nitrogens with one attached hydrogen (secondary N) is 5. The van der Waals surface area contributed by atoms with Crippen molar-refractivity contribution in [2.24, 2.45) is 11.8 Å². The number of epoxide rings is 1. The molecule has 0 radical (unpaired) electrons. The number of rotatable bonds is 25. The highest BCUT2D eigenvalue weighted by molar-refractivity contribution is 5.99. The SMILES string of the molecule is CC(C)C[C@H](NC(=O)[C@H](CCc1ccccc1)NC(=O)CN1CCN(Cc2ccc(-n3c(-c4cc(C(C)C)c(O)cc4O)n[nH]c3=O)cc2)CC1)C(=O)N[C@@H](Cc1ccccc1)C(=O)N[C@@H](CC(C)C)C(=O)[C@@]1(C)CO1. The minimum absolute atomic E-state index is 0.0337. The van der Waals surface area contributed by atoms with Crippen molar-refractivity contribution in [2.75, 3.05) is 39.3 Å². The Morgan fingerprint density at radius 3 is 1.83 bits per heavy atom. The fourth-order valence-electron chi connectivity index (χ4n) is 9.64. The van der Waals surface area contributed by atoms with Gasteiger partial charge in [-0.3, -0.25) is 33.8 Å². The van der Waals surface area contributed by atoms with Crippen LogP contribution in [0.15, 0.2) is 102 Å². The molecule has 406 valence electrons. The first-order valence-corrected chi connectivity index (χ1v) is 26.5. The minimum atomic E-state index is -1.08. The lowest BCUT2D eigenvalue weighted by molar-refractivity contribution is -0.135. The highest BCUT2D eigenvalue weighted by Gasteiger charge is 2.50. The number of ketones is 1. The smallest absolute Gasteiger partial charge is 0.348 e. The Bertz CT molecular complexity index is 2840. The standard InChI is InChI=1S/C58H75N9O9/c1-36(2)28-46(52(71)58(7)35-76-58)60-56(74)48(30-40-16-12-9-13-17-40)62-55(73)47(29-37(3)4)61-54(72)45(23-20-39-14-10-8-11-15-39)59-51(70)34-66-26-24-65(25-27-66)33-41-18-21-42(22-19-41)67-53(63-64-57(67)75)44-31-43(38(5)6)49(68)32-50(44)69/h8-19,21-22,31-32,36-38,45-48,68-69H,20,23-30,33-35H2,1-7H3,(H,59,70)(H,60,74)(H,61,72)(H,62,73)(H,64,75)/t45-,46-,47-,48-,58+/m0/s1. The van der Waals surface area contributed by atoms with E-state index in [0.29, 0.717) is 62.4 Å². The van der Waals surface area contributed by atoms with Crippen LogP contribution in [-0.2, 0) is 48.1 Å². The van der Waals surface area contributed by atoms with Gasteiger partial charge in [-0.25, -0.2) is 14.5 Å². The summed E-state index contributed by atoms with van der Waals surface area (Å²) >= 11 is 0. The van der Waals surface area contributed by atoms with Crippen molar-refractivity contribution in [1.29, 1.82) is 0 Å². The van der Waals surface area contributed by atoms with Crippen LogP contribution in [0.5, 0.6) is 11.5 Å². The minimum Gasteiger partial charge on any atom is -0.508 e. The summed E-state index contributed by atoms with van der Waals surface area (Å²) in [7, 11) is 0. The van der Waals surface area contributed by atoms with E-state index in [2.05, 4.69) is 36.4 Å². The van der Waals surface area contributed by atoms with Gasteiger partial charge < -0.3 is 36.2 Å². The zero-order valence-corrected chi connectivity index (χ0v) is 44.8. The lowest BCUT2D eigenvalue weighted by atomic mass is 9.93. The summed E-state index contributed by atoms with van der Waals surface area (Å²) in [5.74, 6) is -2.14. The zero-order chi connectivity index (χ0) is 54.7. The molecule has 5 atom stereocenters. The van der Waals surface area contributed by atoms with Crippen LogP contribution < -0.4 is 27.0 Å². The molecule has 18 heteroatoms. The number of amides is 4. The molecule has 3 heterocycles. The fourth-order valence-corrected chi connectivity index (χ4v) is 9.64. The molecule has 0 spiro atoms. The highest BCUT2D eigenvalue weighted by Crippen LogP contribution is 2.37. The average Bonchev–Trinajstić information content (AvgIpc) is 4.03. The number of hydrogen-bond donors (Lipinski definition) is 7. The third kappa shape index (κ3) is 15.3. The quantitative estimate of drug-likeness (QED) is 0.0376. The Morgan fingerprint density at radius 2 is 1.22 bits per heavy atom. The maximum Gasteiger partial charge on any atom is 0.348 e. The van der Waals surface area contributed by atoms with Crippen LogP contribution in [0.1, 0.15) is 95.9 Å². The maximum absolute atomic E-state index is 14.4. The molecule has 7 rings (SSSR count). The summed E-state index contributed by atoms with van der Waals surface area (Å²) in [5.41, 5.74) is 2.83. The van der Waals surface area contributed by atoms with Gasteiger partial charge in [0, 0.05) is 45.2 Å². The molecule has 5 aromatic rings. The van der Waals surface area contributed by atoms with E-state index < -0.39 is 53.2 Å². The van der Waals surface area contributed by atoms with E-state index in [1.807, 2.05) is 131 Å². The van der Waals surface area contributed by atoms with Crippen molar-refractivity contribution >= 4 is 29.4 Å². The van der Waals surface area contributed by atoms with Crippen LogP contribution in [0.25, 0.3) is 17.1 Å². The first-order valence-electron chi connectivity index (χ1n) is 26.5. The molecule has 2 saturated heterocycles. The van der Waals surface area contributed by atoms with Crippen molar-refractivity contribution in [3.63, 3.8) is 0 Å². The molecule has 0 saturated carbocycles. The van der Waals surface area contributed by atoms with E-state index in [1.54, 1.807) is 13.0 Å². The van der Waals surface area contributed by atoms with Gasteiger partial charge in [-0.1, -0.05) is 114 Å². The molecule has 2 aliphatic heterocycles. The Kier molecular flexibility index (Phi) is 19.1. The summed E-state index contributed by atoms with van der Waals surface area (Å²) in [5, 5.41) is 39.6.